The Bertz CT molecular complexity index is 233. The van der Waals surface area contributed by atoms with Crippen molar-refractivity contribution in [2.45, 2.75) is 13.0 Å². The van der Waals surface area contributed by atoms with Crippen LogP contribution in [0.5, 0.6) is 5.88 Å². The van der Waals surface area contributed by atoms with Crippen molar-refractivity contribution in [3.05, 3.63) is 23.9 Å². The van der Waals surface area contributed by atoms with E-state index in [4.69, 9.17) is 4.74 Å². The van der Waals surface area contributed by atoms with E-state index in [9.17, 15) is 0 Å². The predicted molar refractivity (Wildman–Crippen MR) is 48.3 cm³/mol. The summed E-state index contributed by atoms with van der Waals surface area (Å²) in [4.78, 5) is 4.10. The summed E-state index contributed by atoms with van der Waals surface area (Å²) in [6.07, 6.45) is 1.82. The maximum Gasteiger partial charge on any atom is 0.212 e. The lowest BCUT2D eigenvalue weighted by molar-refractivity contribution is 0.397. The lowest BCUT2D eigenvalue weighted by Crippen LogP contribution is -2.12. The van der Waals surface area contributed by atoms with E-state index in [0.29, 0.717) is 11.9 Å². The average molecular weight is 166 g/mol. The normalized spacial score (nSPS) is 12.6. The Morgan fingerprint density at radius 1 is 1.50 bits per heavy atom. The topological polar surface area (TPSA) is 34.1 Å². The van der Waals surface area contributed by atoms with Crippen LogP contribution in [0.2, 0.25) is 0 Å². The van der Waals surface area contributed by atoms with Crippen LogP contribution in [0.3, 0.4) is 0 Å². The molecule has 0 amide bonds. The quantitative estimate of drug-likeness (QED) is 0.736. The van der Waals surface area contributed by atoms with Gasteiger partial charge in [-0.05, 0) is 19.5 Å². The third-order valence-electron chi connectivity index (χ3n) is 1.90. The second-order valence-electron chi connectivity index (χ2n) is 2.64. The van der Waals surface area contributed by atoms with E-state index in [-0.39, 0.29) is 0 Å². The number of hydrogen-bond acceptors (Lipinski definition) is 3. The number of rotatable bonds is 3. The summed E-state index contributed by atoms with van der Waals surface area (Å²) in [6, 6.07) is 4.21. The maximum atomic E-state index is 4.95. The Labute approximate surface area is 72.8 Å². The molecule has 0 aromatic carbocycles. The van der Waals surface area contributed by atoms with E-state index < -0.39 is 0 Å². The van der Waals surface area contributed by atoms with Crippen LogP contribution in [0.15, 0.2) is 18.3 Å². The molecule has 1 atom stereocenters. The first-order valence-electron chi connectivity index (χ1n) is 3.95. The summed E-state index contributed by atoms with van der Waals surface area (Å²) in [7, 11) is 3.54. The molecule has 0 spiro atoms. The van der Waals surface area contributed by atoms with E-state index in [2.05, 4.69) is 17.2 Å². The van der Waals surface area contributed by atoms with E-state index in [1.54, 1.807) is 7.11 Å². The number of methoxy groups -OCH3 is 1. The second kappa shape index (κ2) is 4.07. The van der Waals surface area contributed by atoms with Crippen LogP contribution in [0.4, 0.5) is 0 Å². The molecular weight excluding hydrogens is 152 g/mol. The fraction of sp³-hybridized carbons (Fsp3) is 0.444. The number of ether oxygens (including phenoxy) is 1. The first kappa shape index (κ1) is 9.00. The van der Waals surface area contributed by atoms with Crippen LogP contribution >= 0.6 is 0 Å². The van der Waals surface area contributed by atoms with Crippen LogP contribution in [-0.2, 0) is 0 Å². The molecule has 1 N–H and O–H groups in total. The number of nitrogens with one attached hydrogen (secondary N) is 1. The molecule has 0 radical (unpaired) electrons. The van der Waals surface area contributed by atoms with Crippen LogP contribution in [0, 0.1) is 0 Å². The van der Waals surface area contributed by atoms with Crippen molar-refractivity contribution >= 4 is 0 Å². The Kier molecular flexibility index (Phi) is 3.05. The summed E-state index contributed by atoms with van der Waals surface area (Å²) in [5.41, 5.74) is 1.17. The zero-order valence-corrected chi connectivity index (χ0v) is 7.66. The molecule has 0 aliphatic rings. The number of nitrogens with zero attached hydrogens (tertiary/aromatic N) is 1. The highest BCUT2D eigenvalue weighted by atomic mass is 16.5. The standard InChI is InChI=1S/C9H14N2O/c1-7(10-2)8-4-5-9(12-3)11-6-8/h4-7,10H,1-3H3. The molecule has 0 saturated heterocycles. The third kappa shape index (κ3) is 1.95. The van der Waals surface area contributed by atoms with E-state index in [1.165, 1.54) is 5.56 Å². The molecule has 1 aromatic heterocycles. The van der Waals surface area contributed by atoms with Crippen molar-refractivity contribution in [1.82, 2.24) is 10.3 Å². The average Bonchev–Trinajstić information content (AvgIpc) is 2.17. The second-order valence-corrected chi connectivity index (χ2v) is 2.64. The van der Waals surface area contributed by atoms with Crippen LogP contribution in [-0.4, -0.2) is 19.1 Å². The Morgan fingerprint density at radius 2 is 2.25 bits per heavy atom. The largest absolute Gasteiger partial charge is 0.481 e. The Balaban J connectivity index is 2.77. The SMILES string of the molecule is CNC(C)c1ccc(OC)nc1. The molecule has 1 unspecified atom stereocenters. The predicted octanol–water partition coefficient (Wildman–Crippen LogP) is 1.37. The highest BCUT2D eigenvalue weighted by Gasteiger charge is 2.01. The molecule has 0 bridgehead atoms. The lowest BCUT2D eigenvalue weighted by atomic mass is 10.1. The van der Waals surface area contributed by atoms with Gasteiger partial charge >= 0.3 is 0 Å². The molecule has 1 rings (SSSR count). The van der Waals surface area contributed by atoms with Gasteiger partial charge in [-0.3, -0.25) is 0 Å². The lowest BCUT2D eigenvalue weighted by Gasteiger charge is -2.09. The highest BCUT2D eigenvalue weighted by molar-refractivity contribution is 5.20. The number of hydrogen-bond donors (Lipinski definition) is 1. The Hall–Kier alpha value is -1.09. The van der Waals surface area contributed by atoms with Gasteiger partial charge < -0.3 is 10.1 Å². The van der Waals surface area contributed by atoms with Crippen molar-refractivity contribution in [2.75, 3.05) is 14.2 Å². The van der Waals surface area contributed by atoms with Gasteiger partial charge in [0, 0.05) is 18.3 Å². The monoisotopic (exact) mass is 166 g/mol. The molecule has 3 nitrogen and oxygen atoms in total. The minimum atomic E-state index is 0.336. The molecule has 0 saturated carbocycles. The molecule has 1 aromatic rings. The molecule has 0 fully saturated rings. The molecule has 0 aliphatic heterocycles. The number of aromatic nitrogens is 1. The molecule has 1 heterocycles. The Morgan fingerprint density at radius 3 is 2.67 bits per heavy atom. The fourth-order valence-corrected chi connectivity index (χ4v) is 0.935. The first-order chi connectivity index (χ1) is 5.77. The van der Waals surface area contributed by atoms with Crippen molar-refractivity contribution < 1.29 is 4.74 Å². The zero-order chi connectivity index (χ0) is 8.97. The highest BCUT2D eigenvalue weighted by Crippen LogP contribution is 2.13. The van der Waals surface area contributed by atoms with Crippen molar-refractivity contribution in [1.29, 1.82) is 0 Å². The van der Waals surface area contributed by atoms with Gasteiger partial charge in [0.1, 0.15) is 0 Å². The van der Waals surface area contributed by atoms with E-state index in [0.717, 1.165) is 0 Å². The molecule has 12 heavy (non-hydrogen) atoms. The fourth-order valence-electron chi connectivity index (χ4n) is 0.935. The molecule has 66 valence electrons. The van der Waals surface area contributed by atoms with E-state index >= 15 is 0 Å². The maximum absolute atomic E-state index is 4.95. The summed E-state index contributed by atoms with van der Waals surface area (Å²) in [5, 5.41) is 3.14. The van der Waals surface area contributed by atoms with Gasteiger partial charge in [-0.2, -0.15) is 0 Å². The zero-order valence-electron chi connectivity index (χ0n) is 7.66. The van der Waals surface area contributed by atoms with Crippen LogP contribution < -0.4 is 10.1 Å². The van der Waals surface area contributed by atoms with Gasteiger partial charge in [0.25, 0.3) is 0 Å². The summed E-state index contributed by atoms with van der Waals surface area (Å²) in [5.74, 6) is 0.655. The van der Waals surface area contributed by atoms with Gasteiger partial charge in [-0.1, -0.05) is 6.07 Å². The van der Waals surface area contributed by atoms with Gasteiger partial charge in [-0.25, -0.2) is 4.98 Å². The van der Waals surface area contributed by atoms with Gasteiger partial charge in [0.2, 0.25) is 5.88 Å². The van der Waals surface area contributed by atoms with Crippen molar-refractivity contribution in [3.63, 3.8) is 0 Å². The van der Waals surface area contributed by atoms with Crippen LogP contribution in [0.1, 0.15) is 18.5 Å². The smallest absolute Gasteiger partial charge is 0.212 e. The minimum absolute atomic E-state index is 0.336. The first-order valence-corrected chi connectivity index (χ1v) is 3.95. The third-order valence-corrected chi connectivity index (χ3v) is 1.90. The molecule has 3 heteroatoms. The molecular formula is C9H14N2O. The van der Waals surface area contributed by atoms with Crippen LogP contribution in [0.25, 0.3) is 0 Å². The van der Waals surface area contributed by atoms with E-state index in [1.807, 2.05) is 25.4 Å². The van der Waals surface area contributed by atoms with Gasteiger partial charge in [0.05, 0.1) is 7.11 Å². The summed E-state index contributed by atoms with van der Waals surface area (Å²) >= 11 is 0. The minimum Gasteiger partial charge on any atom is -0.481 e. The van der Waals surface area contributed by atoms with Gasteiger partial charge in [0.15, 0.2) is 0 Å². The summed E-state index contributed by atoms with van der Waals surface area (Å²) < 4.78 is 4.95. The molecule has 0 aliphatic carbocycles. The number of pyridine rings is 1. The van der Waals surface area contributed by atoms with Gasteiger partial charge in [-0.15, -0.1) is 0 Å². The van der Waals surface area contributed by atoms with Crippen molar-refractivity contribution in [3.8, 4) is 5.88 Å². The van der Waals surface area contributed by atoms with Crippen molar-refractivity contribution in [2.24, 2.45) is 0 Å². The summed E-state index contributed by atoms with van der Waals surface area (Å²) in [6.45, 7) is 2.09.